The normalized spacial score (nSPS) is 10.7. The summed E-state index contributed by atoms with van der Waals surface area (Å²) in [6.07, 6.45) is 0.222. The molecule has 0 saturated carbocycles. The molecule has 6 heteroatoms. The highest BCUT2D eigenvalue weighted by atomic mass is 32.1. The molecule has 0 aromatic carbocycles. The van der Waals surface area contributed by atoms with Crippen molar-refractivity contribution in [2.24, 2.45) is 7.05 Å². The van der Waals surface area contributed by atoms with Crippen LogP contribution >= 0.6 is 11.3 Å². The van der Waals surface area contributed by atoms with Gasteiger partial charge in [0.15, 0.2) is 0 Å². The fourth-order valence-electron chi connectivity index (χ4n) is 1.85. The second kappa shape index (κ2) is 4.89. The SMILES string of the molecule is COC(=O)Cc1nc(-c2c(C)nn(C)c2C)cs1. The van der Waals surface area contributed by atoms with E-state index in [0.29, 0.717) is 0 Å². The zero-order valence-corrected chi connectivity index (χ0v) is 11.7. The van der Waals surface area contributed by atoms with Crippen LogP contribution in [-0.4, -0.2) is 27.8 Å². The smallest absolute Gasteiger partial charge is 0.312 e. The van der Waals surface area contributed by atoms with Gasteiger partial charge in [0.25, 0.3) is 0 Å². The number of thiazole rings is 1. The molecule has 2 aromatic rings. The van der Waals surface area contributed by atoms with Crippen molar-refractivity contribution in [1.29, 1.82) is 0 Å². The first-order valence-corrected chi connectivity index (χ1v) is 6.42. The van der Waals surface area contributed by atoms with Gasteiger partial charge in [-0.15, -0.1) is 11.3 Å². The summed E-state index contributed by atoms with van der Waals surface area (Å²) in [5.41, 5.74) is 3.94. The average molecular weight is 265 g/mol. The Morgan fingerprint density at radius 2 is 2.22 bits per heavy atom. The number of nitrogens with zero attached hydrogens (tertiary/aromatic N) is 3. The van der Waals surface area contributed by atoms with Gasteiger partial charge >= 0.3 is 5.97 Å². The van der Waals surface area contributed by atoms with Crippen molar-refractivity contribution < 1.29 is 9.53 Å². The van der Waals surface area contributed by atoms with Crippen LogP contribution in [0.3, 0.4) is 0 Å². The first-order chi connectivity index (χ1) is 8.52. The fourth-order valence-corrected chi connectivity index (χ4v) is 2.62. The molecule has 0 unspecified atom stereocenters. The third-order valence-electron chi connectivity index (χ3n) is 2.84. The van der Waals surface area contributed by atoms with Crippen molar-refractivity contribution >= 4 is 17.3 Å². The van der Waals surface area contributed by atoms with E-state index in [1.54, 1.807) is 0 Å². The number of carbonyl (C=O) groups excluding carboxylic acids is 1. The maximum Gasteiger partial charge on any atom is 0.312 e. The molecule has 0 spiro atoms. The Morgan fingerprint density at radius 1 is 1.50 bits per heavy atom. The molecule has 18 heavy (non-hydrogen) atoms. The number of ether oxygens (including phenoxy) is 1. The molecule has 0 bridgehead atoms. The number of esters is 1. The predicted molar refractivity (Wildman–Crippen MR) is 69.5 cm³/mol. The van der Waals surface area contributed by atoms with Crippen LogP contribution in [0, 0.1) is 13.8 Å². The Kier molecular flexibility index (Phi) is 3.47. The summed E-state index contributed by atoms with van der Waals surface area (Å²) in [6, 6.07) is 0. The van der Waals surface area contributed by atoms with Crippen molar-refractivity contribution in [3.8, 4) is 11.3 Å². The number of aromatic nitrogens is 3. The third kappa shape index (κ3) is 2.28. The van der Waals surface area contributed by atoms with E-state index >= 15 is 0 Å². The lowest BCUT2D eigenvalue weighted by Crippen LogP contribution is -2.03. The van der Waals surface area contributed by atoms with Gasteiger partial charge in [-0.3, -0.25) is 9.48 Å². The van der Waals surface area contributed by atoms with Gasteiger partial charge in [-0.25, -0.2) is 4.98 Å². The van der Waals surface area contributed by atoms with E-state index < -0.39 is 0 Å². The highest BCUT2D eigenvalue weighted by Gasteiger charge is 2.15. The monoisotopic (exact) mass is 265 g/mol. The number of rotatable bonds is 3. The maximum atomic E-state index is 11.2. The Morgan fingerprint density at radius 3 is 2.78 bits per heavy atom. The second-order valence-electron chi connectivity index (χ2n) is 4.05. The van der Waals surface area contributed by atoms with Crippen LogP contribution in [0.4, 0.5) is 0 Å². The number of hydrogen-bond donors (Lipinski definition) is 0. The van der Waals surface area contributed by atoms with Crippen LogP contribution < -0.4 is 0 Å². The first-order valence-electron chi connectivity index (χ1n) is 5.54. The quantitative estimate of drug-likeness (QED) is 0.795. The molecule has 0 N–H and O–H groups in total. The molecule has 0 atom stereocenters. The molecule has 5 nitrogen and oxygen atoms in total. The van der Waals surface area contributed by atoms with Crippen LogP contribution in [0.2, 0.25) is 0 Å². The van der Waals surface area contributed by atoms with E-state index in [0.717, 1.165) is 27.7 Å². The van der Waals surface area contributed by atoms with E-state index in [1.165, 1.54) is 18.4 Å². The molecule has 0 fully saturated rings. The zero-order chi connectivity index (χ0) is 13.3. The molecule has 0 saturated heterocycles. The molecule has 96 valence electrons. The summed E-state index contributed by atoms with van der Waals surface area (Å²) in [4.78, 5) is 15.7. The summed E-state index contributed by atoms with van der Waals surface area (Å²) in [6.45, 7) is 3.97. The third-order valence-corrected chi connectivity index (χ3v) is 3.69. The van der Waals surface area contributed by atoms with Crippen LogP contribution in [0.1, 0.15) is 16.4 Å². The Balaban J connectivity index is 2.32. The van der Waals surface area contributed by atoms with Gasteiger partial charge in [-0.2, -0.15) is 5.10 Å². The second-order valence-corrected chi connectivity index (χ2v) is 4.99. The van der Waals surface area contributed by atoms with Gasteiger partial charge in [0.05, 0.1) is 24.9 Å². The van der Waals surface area contributed by atoms with Gasteiger partial charge in [0.2, 0.25) is 0 Å². The molecular weight excluding hydrogens is 250 g/mol. The molecule has 0 aliphatic heterocycles. The predicted octanol–water partition coefficient (Wildman–Crippen LogP) is 1.88. The molecule has 0 radical (unpaired) electrons. The summed E-state index contributed by atoms with van der Waals surface area (Å²) in [5.74, 6) is -0.268. The molecule has 0 amide bonds. The number of carbonyl (C=O) groups is 1. The van der Waals surface area contributed by atoms with Gasteiger partial charge < -0.3 is 4.74 Å². The molecule has 2 aromatic heterocycles. The zero-order valence-electron chi connectivity index (χ0n) is 10.9. The van der Waals surface area contributed by atoms with E-state index in [1.807, 2.05) is 31.0 Å². The van der Waals surface area contributed by atoms with Crippen molar-refractivity contribution in [2.45, 2.75) is 20.3 Å². The Bertz CT molecular complexity index is 586. The standard InChI is InChI=1S/C12H15N3O2S/c1-7-12(8(2)15(3)14-7)9-6-18-10(13-9)5-11(16)17-4/h6H,5H2,1-4H3. The van der Waals surface area contributed by atoms with Crippen molar-refractivity contribution in [2.75, 3.05) is 7.11 Å². The highest BCUT2D eigenvalue weighted by molar-refractivity contribution is 7.10. The van der Waals surface area contributed by atoms with Crippen LogP contribution in [0.5, 0.6) is 0 Å². The molecular formula is C12H15N3O2S. The fraction of sp³-hybridized carbons (Fsp3) is 0.417. The summed E-state index contributed by atoms with van der Waals surface area (Å²) < 4.78 is 6.47. The lowest BCUT2D eigenvalue weighted by molar-refractivity contribution is -0.139. The largest absolute Gasteiger partial charge is 0.469 e. The van der Waals surface area contributed by atoms with E-state index in [-0.39, 0.29) is 12.4 Å². The van der Waals surface area contributed by atoms with Crippen molar-refractivity contribution in [3.63, 3.8) is 0 Å². The molecule has 0 aliphatic rings. The summed E-state index contributed by atoms with van der Waals surface area (Å²) >= 11 is 1.47. The Hall–Kier alpha value is -1.69. The van der Waals surface area contributed by atoms with Gasteiger partial charge in [-0.05, 0) is 13.8 Å². The van der Waals surface area contributed by atoms with Crippen molar-refractivity contribution in [3.05, 3.63) is 21.8 Å². The van der Waals surface area contributed by atoms with E-state index in [4.69, 9.17) is 0 Å². The molecule has 0 aliphatic carbocycles. The molecule has 2 rings (SSSR count). The van der Waals surface area contributed by atoms with Gasteiger partial charge in [-0.1, -0.05) is 0 Å². The van der Waals surface area contributed by atoms with E-state index in [9.17, 15) is 4.79 Å². The summed E-state index contributed by atoms with van der Waals surface area (Å²) in [5, 5.41) is 7.08. The van der Waals surface area contributed by atoms with Crippen LogP contribution in [0.15, 0.2) is 5.38 Å². The Labute approximate surface area is 109 Å². The highest BCUT2D eigenvalue weighted by Crippen LogP contribution is 2.27. The number of aryl methyl sites for hydroxylation is 2. The minimum atomic E-state index is -0.268. The maximum absolute atomic E-state index is 11.2. The average Bonchev–Trinajstić information content (AvgIpc) is 2.85. The van der Waals surface area contributed by atoms with E-state index in [2.05, 4.69) is 14.8 Å². The topological polar surface area (TPSA) is 57.0 Å². The molecule has 2 heterocycles. The lowest BCUT2D eigenvalue weighted by atomic mass is 10.1. The number of hydrogen-bond acceptors (Lipinski definition) is 5. The first kappa shape index (κ1) is 12.8. The van der Waals surface area contributed by atoms with Crippen LogP contribution in [-0.2, 0) is 23.0 Å². The summed E-state index contributed by atoms with van der Waals surface area (Å²) in [7, 11) is 3.29. The van der Waals surface area contributed by atoms with Gasteiger partial charge in [0.1, 0.15) is 5.01 Å². The minimum absolute atomic E-state index is 0.222. The van der Waals surface area contributed by atoms with Crippen molar-refractivity contribution in [1.82, 2.24) is 14.8 Å². The number of methoxy groups -OCH3 is 1. The van der Waals surface area contributed by atoms with Crippen LogP contribution in [0.25, 0.3) is 11.3 Å². The minimum Gasteiger partial charge on any atom is -0.469 e. The van der Waals surface area contributed by atoms with Gasteiger partial charge in [0, 0.05) is 23.7 Å². The lowest BCUT2D eigenvalue weighted by Gasteiger charge is -1.97.